The van der Waals surface area contributed by atoms with Gasteiger partial charge in [-0.2, -0.15) is 4.68 Å². The SMILES string of the molecule is CCOCCCNc1nn(C[NH+]2CCc3ccccc3C2)c(=S)s1. The molecule has 7 heteroatoms. The molecule has 1 unspecified atom stereocenters. The third-order valence-corrected chi connectivity index (χ3v) is 5.50. The van der Waals surface area contributed by atoms with Crippen LogP contribution in [0.25, 0.3) is 0 Å². The van der Waals surface area contributed by atoms with Crippen molar-refractivity contribution in [2.24, 2.45) is 0 Å². The molecule has 0 radical (unpaired) electrons. The van der Waals surface area contributed by atoms with Crippen LogP contribution in [0.15, 0.2) is 24.3 Å². The summed E-state index contributed by atoms with van der Waals surface area (Å²) < 4.78 is 8.15. The quantitative estimate of drug-likeness (QED) is 0.555. The number of quaternary nitrogens is 1. The first-order valence-corrected chi connectivity index (χ1v) is 9.78. The minimum Gasteiger partial charge on any atom is -0.382 e. The second kappa shape index (κ2) is 8.71. The smallest absolute Gasteiger partial charge is 0.204 e. The highest BCUT2D eigenvalue weighted by molar-refractivity contribution is 7.73. The average molecular weight is 366 g/mol. The largest absolute Gasteiger partial charge is 0.382 e. The fourth-order valence-corrected chi connectivity index (χ4v) is 4.01. The number of benzene rings is 1. The summed E-state index contributed by atoms with van der Waals surface area (Å²) in [7, 11) is 0. The van der Waals surface area contributed by atoms with Crippen LogP contribution in [-0.4, -0.2) is 36.1 Å². The lowest BCUT2D eigenvalue weighted by atomic mass is 10.0. The number of rotatable bonds is 8. The Morgan fingerprint density at radius 2 is 2.21 bits per heavy atom. The van der Waals surface area contributed by atoms with E-state index in [2.05, 4.69) is 34.7 Å². The molecule has 2 N–H and O–H groups in total. The van der Waals surface area contributed by atoms with Crippen molar-refractivity contribution in [3.05, 3.63) is 39.3 Å². The third-order valence-electron chi connectivity index (χ3n) is 4.23. The number of ether oxygens (including phenoxy) is 1. The summed E-state index contributed by atoms with van der Waals surface area (Å²) in [6.07, 6.45) is 2.11. The normalized spacial score (nSPS) is 16.8. The monoisotopic (exact) mass is 365 g/mol. The molecule has 3 rings (SSSR count). The number of anilines is 1. The zero-order valence-corrected chi connectivity index (χ0v) is 15.7. The summed E-state index contributed by atoms with van der Waals surface area (Å²) in [6, 6.07) is 8.73. The zero-order valence-electron chi connectivity index (χ0n) is 14.1. The van der Waals surface area contributed by atoms with Gasteiger partial charge < -0.3 is 15.0 Å². The van der Waals surface area contributed by atoms with Gasteiger partial charge in [-0.3, -0.25) is 0 Å². The summed E-state index contributed by atoms with van der Waals surface area (Å²) in [5, 5.41) is 8.89. The Bertz CT molecular complexity index is 713. The number of fused-ring (bicyclic) bond motifs is 1. The van der Waals surface area contributed by atoms with Crippen molar-refractivity contribution in [3.63, 3.8) is 0 Å². The van der Waals surface area contributed by atoms with Gasteiger partial charge in [0, 0.05) is 31.7 Å². The van der Waals surface area contributed by atoms with E-state index < -0.39 is 0 Å². The van der Waals surface area contributed by atoms with E-state index in [1.807, 2.05) is 11.6 Å². The molecule has 1 aromatic carbocycles. The van der Waals surface area contributed by atoms with E-state index in [-0.39, 0.29) is 0 Å². The van der Waals surface area contributed by atoms with Gasteiger partial charge in [0.2, 0.25) is 5.13 Å². The van der Waals surface area contributed by atoms with Crippen molar-refractivity contribution < 1.29 is 9.64 Å². The van der Waals surface area contributed by atoms with Crippen molar-refractivity contribution in [2.45, 2.75) is 33.0 Å². The first-order valence-electron chi connectivity index (χ1n) is 8.56. The molecule has 2 heterocycles. The molecular weight excluding hydrogens is 340 g/mol. The van der Waals surface area contributed by atoms with Gasteiger partial charge in [-0.15, -0.1) is 5.10 Å². The maximum absolute atomic E-state index is 5.48. The summed E-state index contributed by atoms with van der Waals surface area (Å²) in [5.41, 5.74) is 2.94. The van der Waals surface area contributed by atoms with E-state index in [9.17, 15) is 0 Å². The molecule has 1 aliphatic rings. The second-order valence-corrected chi connectivity index (χ2v) is 7.63. The molecule has 5 nitrogen and oxygen atoms in total. The van der Waals surface area contributed by atoms with Crippen molar-refractivity contribution in [3.8, 4) is 0 Å². The van der Waals surface area contributed by atoms with Crippen molar-refractivity contribution in [2.75, 3.05) is 31.6 Å². The first-order chi connectivity index (χ1) is 11.8. The molecule has 130 valence electrons. The van der Waals surface area contributed by atoms with Gasteiger partial charge in [-0.05, 0) is 31.1 Å². The van der Waals surface area contributed by atoms with Crippen LogP contribution in [0.2, 0.25) is 0 Å². The van der Waals surface area contributed by atoms with Crippen molar-refractivity contribution in [1.29, 1.82) is 0 Å². The highest BCUT2D eigenvalue weighted by Gasteiger charge is 2.20. The molecule has 24 heavy (non-hydrogen) atoms. The van der Waals surface area contributed by atoms with Crippen LogP contribution < -0.4 is 10.2 Å². The van der Waals surface area contributed by atoms with Gasteiger partial charge in [0.1, 0.15) is 6.54 Å². The van der Waals surface area contributed by atoms with Crippen LogP contribution >= 0.6 is 23.6 Å². The van der Waals surface area contributed by atoms with E-state index in [0.29, 0.717) is 0 Å². The zero-order chi connectivity index (χ0) is 16.8. The molecule has 0 saturated carbocycles. The first kappa shape index (κ1) is 17.5. The Hall–Kier alpha value is -1.28. The second-order valence-electron chi connectivity index (χ2n) is 6.00. The molecule has 0 saturated heterocycles. The number of nitrogens with zero attached hydrogens (tertiary/aromatic N) is 2. The number of hydrogen-bond donors (Lipinski definition) is 2. The molecule has 1 aromatic heterocycles. The minimum atomic E-state index is 0.773. The van der Waals surface area contributed by atoms with Gasteiger partial charge in [-0.1, -0.05) is 35.6 Å². The maximum atomic E-state index is 5.48. The van der Waals surface area contributed by atoms with Crippen LogP contribution in [0.1, 0.15) is 24.5 Å². The van der Waals surface area contributed by atoms with Gasteiger partial charge in [0.05, 0.1) is 6.54 Å². The topological polar surface area (TPSA) is 43.5 Å². The van der Waals surface area contributed by atoms with Crippen LogP contribution in [0.5, 0.6) is 0 Å². The fraction of sp³-hybridized carbons (Fsp3) is 0.529. The maximum Gasteiger partial charge on any atom is 0.204 e. The van der Waals surface area contributed by atoms with E-state index in [4.69, 9.17) is 17.0 Å². The standard InChI is InChI=1S/C17H24N4OS2/c1-2-22-11-5-9-18-16-19-21(17(23)24-16)13-20-10-8-14-6-3-4-7-15(14)12-20/h3-4,6-7H,2,5,8-13H2,1H3,(H,18,19)/p+1. The van der Waals surface area contributed by atoms with Gasteiger partial charge in [0.15, 0.2) is 10.6 Å². The summed E-state index contributed by atoms with van der Waals surface area (Å²) >= 11 is 7.03. The van der Waals surface area contributed by atoms with E-state index in [0.717, 1.165) is 61.4 Å². The predicted molar refractivity (Wildman–Crippen MR) is 100 cm³/mol. The molecule has 1 aliphatic heterocycles. The Balaban J connectivity index is 1.53. The molecule has 0 bridgehead atoms. The summed E-state index contributed by atoms with van der Waals surface area (Å²) in [6.45, 7) is 7.46. The van der Waals surface area contributed by atoms with Gasteiger partial charge in [-0.25, -0.2) is 0 Å². The molecule has 0 aliphatic carbocycles. The lowest BCUT2D eigenvalue weighted by molar-refractivity contribution is -0.938. The molecule has 0 spiro atoms. The molecule has 2 aromatic rings. The highest BCUT2D eigenvalue weighted by atomic mass is 32.1. The van der Waals surface area contributed by atoms with Crippen LogP contribution in [0, 0.1) is 3.95 Å². The van der Waals surface area contributed by atoms with E-state index in [1.165, 1.54) is 16.0 Å². The lowest BCUT2D eigenvalue weighted by Crippen LogP contribution is -3.11. The van der Waals surface area contributed by atoms with Crippen molar-refractivity contribution in [1.82, 2.24) is 9.78 Å². The van der Waals surface area contributed by atoms with Crippen LogP contribution in [0.3, 0.4) is 0 Å². The Labute approximate surface area is 152 Å². The summed E-state index contributed by atoms with van der Waals surface area (Å²) in [5.74, 6) is 0. The van der Waals surface area contributed by atoms with E-state index >= 15 is 0 Å². The van der Waals surface area contributed by atoms with Crippen LogP contribution in [-0.2, 0) is 24.4 Å². The minimum absolute atomic E-state index is 0.773. The molecule has 1 atom stereocenters. The number of aromatic nitrogens is 2. The highest BCUT2D eigenvalue weighted by Crippen LogP contribution is 2.14. The number of nitrogens with one attached hydrogen (secondary N) is 2. The molecular formula is C17H25N4OS2+. The Morgan fingerprint density at radius 3 is 3.04 bits per heavy atom. The fourth-order valence-electron chi connectivity index (χ4n) is 2.98. The Kier molecular flexibility index (Phi) is 6.37. The third kappa shape index (κ3) is 4.63. The summed E-state index contributed by atoms with van der Waals surface area (Å²) in [4.78, 5) is 1.51. The predicted octanol–water partition coefficient (Wildman–Crippen LogP) is 2.11. The Morgan fingerprint density at radius 1 is 1.38 bits per heavy atom. The van der Waals surface area contributed by atoms with Crippen LogP contribution in [0.4, 0.5) is 5.13 Å². The lowest BCUT2D eigenvalue weighted by Gasteiger charge is -2.25. The molecule has 0 fully saturated rings. The van der Waals surface area contributed by atoms with E-state index in [1.54, 1.807) is 11.3 Å². The van der Waals surface area contributed by atoms with Crippen molar-refractivity contribution >= 4 is 28.7 Å². The van der Waals surface area contributed by atoms with Gasteiger partial charge >= 0.3 is 0 Å². The average Bonchev–Trinajstić information content (AvgIpc) is 2.94. The molecule has 0 amide bonds. The van der Waals surface area contributed by atoms with Gasteiger partial charge in [0.25, 0.3) is 0 Å². The number of hydrogen-bond acceptors (Lipinski definition) is 5.